The molecule has 0 aromatic heterocycles. The number of rotatable bonds is 5. The molecule has 124 valence electrons. The van der Waals surface area contributed by atoms with Gasteiger partial charge in [0, 0.05) is 6.54 Å². The molecule has 1 unspecified atom stereocenters. The Balaban J connectivity index is 0.00000192. The van der Waals surface area contributed by atoms with Crippen molar-refractivity contribution in [2.24, 2.45) is 5.92 Å². The Morgan fingerprint density at radius 3 is 2.09 bits per heavy atom. The minimum absolute atomic E-state index is 0. The van der Waals surface area contributed by atoms with Gasteiger partial charge < -0.3 is 10.0 Å². The van der Waals surface area contributed by atoms with Crippen LogP contribution in [-0.4, -0.2) is 29.6 Å². The van der Waals surface area contributed by atoms with E-state index in [1.54, 1.807) is 0 Å². The van der Waals surface area contributed by atoms with Crippen molar-refractivity contribution in [3.63, 3.8) is 0 Å². The summed E-state index contributed by atoms with van der Waals surface area (Å²) in [4.78, 5) is 2.53. The van der Waals surface area contributed by atoms with Crippen LogP contribution in [0.5, 0.6) is 0 Å². The lowest BCUT2D eigenvalue weighted by molar-refractivity contribution is 0.0592. The van der Waals surface area contributed by atoms with Crippen LogP contribution in [0.2, 0.25) is 0 Å². The Morgan fingerprint density at radius 1 is 0.913 bits per heavy atom. The predicted octanol–water partition coefficient (Wildman–Crippen LogP) is 4.10. The van der Waals surface area contributed by atoms with Crippen LogP contribution in [0.15, 0.2) is 60.7 Å². The summed E-state index contributed by atoms with van der Waals surface area (Å²) in [5, 5.41) is 10.5. The molecule has 2 nitrogen and oxygen atoms in total. The van der Waals surface area contributed by atoms with Gasteiger partial charge in [0.15, 0.2) is 0 Å². The van der Waals surface area contributed by atoms with E-state index in [0.717, 1.165) is 44.5 Å². The zero-order valence-corrected chi connectivity index (χ0v) is 14.3. The third-order valence-corrected chi connectivity index (χ3v) is 4.78. The molecule has 1 fully saturated rings. The third kappa shape index (κ3) is 5.07. The molecule has 3 rings (SSSR count). The lowest BCUT2D eigenvalue weighted by Gasteiger charge is -2.34. The van der Waals surface area contributed by atoms with Crippen molar-refractivity contribution in [1.29, 1.82) is 0 Å². The van der Waals surface area contributed by atoms with Crippen LogP contribution in [-0.2, 0) is 6.42 Å². The number of nitrogens with zero attached hydrogens (tertiary/aromatic N) is 1. The maximum atomic E-state index is 10.5. The van der Waals surface area contributed by atoms with Crippen molar-refractivity contribution in [3.8, 4) is 0 Å². The van der Waals surface area contributed by atoms with E-state index in [9.17, 15) is 5.11 Å². The Labute approximate surface area is 145 Å². The maximum absolute atomic E-state index is 10.5. The first-order valence-electron chi connectivity index (χ1n) is 8.32. The van der Waals surface area contributed by atoms with Crippen molar-refractivity contribution >= 4 is 12.4 Å². The van der Waals surface area contributed by atoms with E-state index >= 15 is 0 Å². The van der Waals surface area contributed by atoms with Gasteiger partial charge in [-0.1, -0.05) is 60.7 Å². The molecule has 0 spiro atoms. The second-order valence-corrected chi connectivity index (χ2v) is 6.27. The lowest BCUT2D eigenvalue weighted by Crippen LogP contribution is -2.36. The van der Waals surface area contributed by atoms with Crippen molar-refractivity contribution in [2.75, 3.05) is 19.6 Å². The Hall–Kier alpha value is -1.35. The van der Waals surface area contributed by atoms with E-state index in [-0.39, 0.29) is 18.5 Å². The van der Waals surface area contributed by atoms with E-state index in [4.69, 9.17) is 0 Å². The topological polar surface area (TPSA) is 23.5 Å². The molecule has 23 heavy (non-hydrogen) atoms. The molecule has 1 saturated heterocycles. The largest absolute Gasteiger partial charge is 0.388 e. The van der Waals surface area contributed by atoms with E-state index in [1.165, 1.54) is 5.56 Å². The fourth-order valence-corrected chi connectivity index (χ4v) is 3.35. The molecule has 1 aliphatic heterocycles. The first-order valence-corrected chi connectivity index (χ1v) is 8.32. The smallest absolute Gasteiger partial charge is 0.0819 e. The fraction of sp³-hybridized carbons (Fsp3) is 0.400. The molecule has 1 N–H and O–H groups in total. The van der Waals surface area contributed by atoms with Crippen LogP contribution < -0.4 is 0 Å². The summed E-state index contributed by atoms with van der Waals surface area (Å²) in [5.74, 6) is 0.398. The number of piperidine rings is 1. The normalized spacial score (nSPS) is 17.4. The highest BCUT2D eigenvalue weighted by Gasteiger charge is 2.25. The first-order chi connectivity index (χ1) is 10.8. The Kier molecular flexibility index (Phi) is 7.10. The Bertz CT molecular complexity index is 552. The number of hydrogen-bond donors (Lipinski definition) is 1. The Morgan fingerprint density at radius 2 is 1.48 bits per heavy atom. The first kappa shape index (κ1) is 18.0. The lowest BCUT2D eigenvalue weighted by atomic mass is 9.87. The van der Waals surface area contributed by atoms with Gasteiger partial charge in [0.25, 0.3) is 0 Å². The molecule has 0 bridgehead atoms. The van der Waals surface area contributed by atoms with E-state index in [2.05, 4.69) is 35.2 Å². The van der Waals surface area contributed by atoms with Gasteiger partial charge in [-0.2, -0.15) is 0 Å². The van der Waals surface area contributed by atoms with Gasteiger partial charge in [0.2, 0.25) is 0 Å². The second kappa shape index (κ2) is 9.07. The molecule has 2 aromatic rings. The summed E-state index contributed by atoms with van der Waals surface area (Å²) in [5.41, 5.74) is 2.47. The molecule has 1 atom stereocenters. The number of likely N-dealkylation sites (tertiary alicyclic amines) is 1. The van der Waals surface area contributed by atoms with E-state index in [0.29, 0.717) is 5.92 Å². The van der Waals surface area contributed by atoms with Crippen LogP contribution in [0.4, 0.5) is 0 Å². The molecule has 0 amide bonds. The number of halogens is 1. The van der Waals surface area contributed by atoms with E-state index < -0.39 is 0 Å². The summed E-state index contributed by atoms with van der Waals surface area (Å²) in [6.45, 7) is 3.32. The van der Waals surface area contributed by atoms with Crippen LogP contribution >= 0.6 is 12.4 Å². The van der Waals surface area contributed by atoms with Crippen molar-refractivity contribution in [3.05, 3.63) is 71.8 Å². The number of hydrogen-bond acceptors (Lipinski definition) is 2. The van der Waals surface area contributed by atoms with Gasteiger partial charge >= 0.3 is 0 Å². The fourth-order valence-electron chi connectivity index (χ4n) is 3.35. The number of aliphatic hydroxyl groups is 1. The molecule has 0 saturated carbocycles. The van der Waals surface area contributed by atoms with Gasteiger partial charge in [-0.3, -0.25) is 0 Å². The summed E-state index contributed by atoms with van der Waals surface area (Å²) in [6.07, 6.45) is 2.99. The molecule has 1 aliphatic rings. The molecular formula is C20H26ClNO. The third-order valence-electron chi connectivity index (χ3n) is 4.78. The molecule has 3 heteroatoms. The monoisotopic (exact) mass is 331 g/mol. The zero-order valence-electron chi connectivity index (χ0n) is 13.5. The van der Waals surface area contributed by atoms with E-state index in [1.807, 2.05) is 30.3 Å². The molecule has 0 aliphatic carbocycles. The van der Waals surface area contributed by atoms with Crippen LogP contribution in [0.3, 0.4) is 0 Å². The van der Waals surface area contributed by atoms with Crippen LogP contribution in [0, 0.1) is 5.92 Å². The summed E-state index contributed by atoms with van der Waals surface area (Å²) >= 11 is 0. The molecule has 2 aromatic carbocycles. The highest BCUT2D eigenvalue weighted by Crippen LogP contribution is 2.30. The number of aliphatic hydroxyl groups excluding tert-OH is 1. The summed E-state index contributed by atoms with van der Waals surface area (Å²) in [7, 11) is 0. The second-order valence-electron chi connectivity index (χ2n) is 6.27. The summed E-state index contributed by atoms with van der Waals surface area (Å²) in [6, 6.07) is 20.8. The average Bonchev–Trinajstić information content (AvgIpc) is 2.61. The quantitative estimate of drug-likeness (QED) is 0.891. The summed E-state index contributed by atoms with van der Waals surface area (Å²) < 4.78 is 0. The van der Waals surface area contributed by atoms with Gasteiger partial charge in [-0.25, -0.2) is 0 Å². The molecular weight excluding hydrogens is 306 g/mol. The highest BCUT2D eigenvalue weighted by molar-refractivity contribution is 5.85. The van der Waals surface area contributed by atoms with Crippen molar-refractivity contribution in [1.82, 2.24) is 4.90 Å². The van der Waals surface area contributed by atoms with Gasteiger partial charge in [-0.15, -0.1) is 12.4 Å². The van der Waals surface area contributed by atoms with Crippen LogP contribution in [0.1, 0.15) is 30.1 Å². The number of benzene rings is 2. The van der Waals surface area contributed by atoms with Crippen molar-refractivity contribution in [2.45, 2.75) is 25.4 Å². The minimum Gasteiger partial charge on any atom is -0.388 e. The predicted molar refractivity (Wildman–Crippen MR) is 98.0 cm³/mol. The molecule has 1 heterocycles. The van der Waals surface area contributed by atoms with Gasteiger partial charge in [-0.05, 0) is 49.4 Å². The SMILES string of the molecule is Cl.OC(c1ccccc1)C1CCN(CCc2ccccc2)CC1. The van der Waals surface area contributed by atoms with Crippen molar-refractivity contribution < 1.29 is 5.11 Å². The van der Waals surface area contributed by atoms with Gasteiger partial charge in [0.05, 0.1) is 6.10 Å². The average molecular weight is 332 g/mol. The van der Waals surface area contributed by atoms with Gasteiger partial charge in [0.1, 0.15) is 0 Å². The maximum Gasteiger partial charge on any atom is 0.0819 e. The standard InChI is InChI=1S/C20H25NO.ClH/c22-20(18-9-5-2-6-10-18)19-12-15-21(16-13-19)14-11-17-7-3-1-4-8-17;/h1-10,19-20,22H,11-16H2;1H. The molecule has 0 radical (unpaired) electrons. The highest BCUT2D eigenvalue weighted by atomic mass is 35.5. The minimum atomic E-state index is -0.308. The van der Waals surface area contributed by atoms with Crippen LogP contribution in [0.25, 0.3) is 0 Å². The zero-order chi connectivity index (χ0) is 15.2.